The second kappa shape index (κ2) is 5.32. The number of hydrogen-bond donors (Lipinski definition) is 2. The number of rotatable bonds is 4. The van der Waals surface area contributed by atoms with Crippen molar-refractivity contribution in [2.45, 2.75) is 19.9 Å². The maximum absolute atomic E-state index is 7.55. The molecule has 0 radical (unpaired) electrons. The molecule has 0 spiro atoms. The van der Waals surface area contributed by atoms with Gasteiger partial charge in [0.05, 0.1) is 23.0 Å². The molecule has 0 saturated carbocycles. The fourth-order valence-corrected chi connectivity index (χ4v) is 1.90. The van der Waals surface area contributed by atoms with Crippen LogP contribution in [0.4, 0.5) is 0 Å². The normalized spacial score (nSPS) is 10.7. The van der Waals surface area contributed by atoms with Crippen molar-refractivity contribution in [3.8, 4) is 11.5 Å². The topological polar surface area (TPSA) is 76.9 Å². The Labute approximate surface area is 116 Å². The summed E-state index contributed by atoms with van der Waals surface area (Å²) >= 11 is 6.02. The first-order valence-corrected chi connectivity index (χ1v) is 6.21. The molecule has 0 fully saturated rings. The Morgan fingerprint density at radius 3 is 2.79 bits per heavy atom. The lowest BCUT2D eigenvalue weighted by Crippen LogP contribution is -2.13. The summed E-state index contributed by atoms with van der Waals surface area (Å²) in [4.78, 5) is 0. The Morgan fingerprint density at radius 2 is 2.21 bits per heavy atom. The first-order chi connectivity index (χ1) is 8.99. The molecule has 1 aromatic heterocycles. The average molecular weight is 279 g/mol. The maximum Gasteiger partial charge on any atom is 0.165 e. The van der Waals surface area contributed by atoms with E-state index >= 15 is 0 Å². The van der Waals surface area contributed by atoms with Crippen molar-refractivity contribution < 1.29 is 4.74 Å². The Morgan fingerprint density at radius 1 is 1.47 bits per heavy atom. The van der Waals surface area contributed by atoms with E-state index in [-0.39, 0.29) is 11.9 Å². The number of nitrogens with two attached hydrogens (primary N) is 1. The van der Waals surface area contributed by atoms with Crippen LogP contribution < -0.4 is 10.5 Å². The van der Waals surface area contributed by atoms with Crippen LogP contribution in [0.25, 0.3) is 0 Å². The van der Waals surface area contributed by atoms with E-state index in [4.69, 9.17) is 27.5 Å². The number of benzene rings is 1. The molecule has 1 aromatic carbocycles. The second-order valence-corrected chi connectivity index (χ2v) is 4.79. The van der Waals surface area contributed by atoms with Crippen LogP contribution in [0.1, 0.15) is 25.5 Å². The number of halogens is 1. The Hall–Kier alpha value is -2.01. The Balaban J connectivity index is 2.32. The first-order valence-electron chi connectivity index (χ1n) is 5.84. The quantitative estimate of drug-likeness (QED) is 0.666. The number of ether oxygens (including phenoxy) is 1. The lowest BCUT2D eigenvalue weighted by molar-refractivity contribution is 0.476. The third kappa shape index (κ3) is 2.88. The number of nitrogens with zero attached hydrogens (tertiary/aromatic N) is 2. The summed E-state index contributed by atoms with van der Waals surface area (Å²) < 4.78 is 7.48. The van der Waals surface area contributed by atoms with Crippen molar-refractivity contribution in [3.63, 3.8) is 0 Å². The molecular formula is C13H15ClN4O. The third-order valence-electron chi connectivity index (χ3n) is 2.58. The van der Waals surface area contributed by atoms with E-state index in [0.29, 0.717) is 22.1 Å². The Kier molecular flexibility index (Phi) is 3.76. The van der Waals surface area contributed by atoms with E-state index in [1.54, 1.807) is 35.3 Å². The molecule has 0 aliphatic rings. The summed E-state index contributed by atoms with van der Waals surface area (Å²) in [5, 5.41) is 12.1. The number of nitrogen functional groups attached to an aromatic ring is 1. The molecule has 1 heterocycles. The van der Waals surface area contributed by atoms with Gasteiger partial charge in [0.1, 0.15) is 11.6 Å². The van der Waals surface area contributed by atoms with Crippen LogP contribution in [0.5, 0.6) is 11.5 Å². The van der Waals surface area contributed by atoms with Gasteiger partial charge < -0.3 is 10.5 Å². The van der Waals surface area contributed by atoms with Gasteiger partial charge in [-0.2, -0.15) is 5.10 Å². The summed E-state index contributed by atoms with van der Waals surface area (Å²) in [6.45, 7) is 4.05. The summed E-state index contributed by atoms with van der Waals surface area (Å²) in [5.41, 5.74) is 5.91. The molecular weight excluding hydrogens is 264 g/mol. The van der Waals surface area contributed by atoms with Crippen molar-refractivity contribution in [2.75, 3.05) is 0 Å². The van der Waals surface area contributed by atoms with Crippen molar-refractivity contribution in [1.82, 2.24) is 9.78 Å². The molecule has 0 unspecified atom stereocenters. The number of nitrogens with one attached hydrogen (secondary N) is 1. The van der Waals surface area contributed by atoms with E-state index in [1.165, 1.54) is 0 Å². The fraction of sp³-hybridized carbons (Fsp3) is 0.231. The van der Waals surface area contributed by atoms with Crippen molar-refractivity contribution in [2.24, 2.45) is 5.73 Å². The van der Waals surface area contributed by atoms with Gasteiger partial charge in [-0.15, -0.1) is 0 Å². The van der Waals surface area contributed by atoms with Crippen LogP contribution in [0.2, 0.25) is 5.02 Å². The highest BCUT2D eigenvalue weighted by atomic mass is 35.5. The van der Waals surface area contributed by atoms with Crippen molar-refractivity contribution in [1.29, 1.82) is 5.41 Å². The molecule has 3 N–H and O–H groups in total. The minimum Gasteiger partial charge on any atom is -0.453 e. The molecule has 0 aliphatic carbocycles. The lowest BCUT2D eigenvalue weighted by Gasteiger charge is -2.10. The van der Waals surface area contributed by atoms with Gasteiger partial charge >= 0.3 is 0 Å². The zero-order valence-corrected chi connectivity index (χ0v) is 11.5. The zero-order chi connectivity index (χ0) is 14.0. The van der Waals surface area contributed by atoms with Gasteiger partial charge in [-0.1, -0.05) is 17.7 Å². The molecule has 0 aliphatic heterocycles. The fourth-order valence-electron chi connectivity index (χ4n) is 1.63. The highest BCUT2D eigenvalue weighted by Crippen LogP contribution is 2.30. The van der Waals surface area contributed by atoms with Gasteiger partial charge in [-0.25, -0.2) is 0 Å². The summed E-state index contributed by atoms with van der Waals surface area (Å²) in [6, 6.07) is 5.39. The minimum atomic E-state index is -0.128. The van der Waals surface area contributed by atoms with Gasteiger partial charge in [0.15, 0.2) is 5.75 Å². The molecule has 0 saturated heterocycles. The van der Waals surface area contributed by atoms with Crippen LogP contribution >= 0.6 is 11.6 Å². The molecule has 6 heteroatoms. The third-order valence-corrected chi connectivity index (χ3v) is 2.89. The molecule has 5 nitrogen and oxygen atoms in total. The number of amidine groups is 1. The van der Waals surface area contributed by atoms with Gasteiger partial charge in [-0.3, -0.25) is 10.1 Å². The van der Waals surface area contributed by atoms with Crippen molar-refractivity contribution >= 4 is 17.4 Å². The van der Waals surface area contributed by atoms with Crippen LogP contribution in [0, 0.1) is 5.41 Å². The zero-order valence-electron chi connectivity index (χ0n) is 10.7. The molecule has 0 amide bonds. The maximum atomic E-state index is 7.55. The van der Waals surface area contributed by atoms with Gasteiger partial charge in [-0.05, 0) is 26.0 Å². The van der Waals surface area contributed by atoms with Gasteiger partial charge in [0.2, 0.25) is 0 Å². The predicted octanol–water partition coefficient (Wildman–Crippen LogP) is 3.19. The molecule has 100 valence electrons. The van der Waals surface area contributed by atoms with Gasteiger partial charge in [0.25, 0.3) is 0 Å². The van der Waals surface area contributed by atoms with Crippen LogP contribution in [-0.4, -0.2) is 15.6 Å². The predicted molar refractivity (Wildman–Crippen MR) is 75.2 cm³/mol. The molecule has 0 bridgehead atoms. The smallest absolute Gasteiger partial charge is 0.165 e. The van der Waals surface area contributed by atoms with E-state index in [1.807, 2.05) is 13.8 Å². The Bertz CT molecular complexity index is 606. The first kappa shape index (κ1) is 13.4. The molecule has 2 rings (SSSR count). The molecule has 0 atom stereocenters. The van der Waals surface area contributed by atoms with Crippen LogP contribution in [0.3, 0.4) is 0 Å². The van der Waals surface area contributed by atoms with E-state index in [9.17, 15) is 0 Å². The summed E-state index contributed by atoms with van der Waals surface area (Å²) in [6.07, 6.45) is 3.40. The average Bonchev–Trinajstić information content (AvgIpc) is 2.77. The minimum absolute atomic E-state index is 0.128. The SMILES string of the molecule is CC(C)n1cc(Oc2cccc(Cl)c2C(=N)N)cn1. The highest BCUT2D eigenvalue weighted by Gasteiger charge is 2.13. The highest BCUT2D eigenvalue weighted by molar-refractivity contribution is 6.34. The standard InChI is InChI=1S/C13H15ClN4O/c1-8(2)18-7-9(6-17-18)19-11-5-3-4-10(14)12(11)13(15)16/h3-8H,1-2H3,(H3,15,16). The van der Waals surface area contributed by atoms with Gasteiger partial charge in [0, 0.05) is 6.04 Å². The van der Waals surface area contributed by atoms with Crippen molar-refractivity contribution in [3.05, 3.63) is 41.2 Å². The summed E-state index contributed by atoms with van der Waals surface area (Å²) in [5.74, 6) is 0.902. The van der Waals surface area contributed by atoms with Crippen LogP contribution in [-0.2, 0) is 0 Å². The van der Waals surface area contributed by atoms with E-state index < -0.39 is 0 Å². The largest absolute Gasteiger partial charge is 0.453 e. The van der Waals surface area contributed by atoms with E-state index in [0.717, 1.165) is 0 Å². The molecule has 19 heavy (non-hydrogen) atoms. The second-order valence-electron chi connectivity index (χ2n) is 4.38. The summed E-state index contributed by atoms with van der Waals surface area (Å²) in [7, 11) is 0. The van der Waals surface area contributed by atoms with Crippen LogP contribution in [0.15, 0.2) is 30.6 Å². The number of hydrogen-bond acceptors (Lipinski definition) is 3. The molecule has 2 aromatic rings. The van der Waals surface area contributed by atoms with E-state index in [2.05, 4.69) is 5.10 Å². The number of aromatic nitrogens is 2. The monoisotopic (exact) mass is 278 g/mol. The lowest BCUT2D eigenvalue weighted by atomic mass is 10.2.